The van der Waals surface area contributed by atoms with Crippen LogP contribution >= 0.6 is 0 Å². The van der Waals surface area contributed by atoms with Gasteiger partial charge in [0.05, 0.1) is 11.4 Å². The smallest absolute Gasteiger partial charge is 0.255 e. The summed E-state index contributed by atoms with van der Waals surface area (Å²) < 4.78 is 27.4. The standard InChI is InChI=1S/C17H14F2N2O3/c1-9(22)11-3-5-12(6-4-11)17(24)21-16-8-15(20-10(2)23)13(18)7-14(16)19/h3-8H,1-2H3,(H,20,23)(H,21,24). The van der Waals surface area contributed by atoms with Crippen LogP contribution in [0.25, 0.3) is 0 Å². The molecule has 2 N–H and O–H groups in total. The highest BCUT2D eigenvalue weighted by molar-refractivity contribution is 6.05. The molecule has 0 aliphatic heterocycles. The topological polar surface area (TPSA) is 75.3 Å². The number of hydrogen-bond donors (Lipinski definition) is 2. The first-order valence-corrected chi connectivity index (χ1v) is 6.97. The van der Waals surface area contributed by atoms with Crippen molar-refractivity contribution in [3.63, 3.8) is 0 Å². The van der Waals surface area contributed by atoms with Crippen molar-refractivity contribution in [3.05, 3.63) is 59.2 Å². The van der Waals surface area contributed by atoms with Crippen molar-refractivity contribution in [1.29, 1.82) is 0 Å². The Balaban J connectivity index is 2.24. The second kappa shape index (κ2) is 6.99. The minimum atomic E-state index is -0.977. The number of carbonyl (C=O) groups excluding carboxylic acids is 3. The SMILES string of the molecule is CC(=O)Nc1cc(NC(=O)c2ccc(C(C)=O)cc2)c(F)cc1F. The van der Waals surface area contributed by atoms with E-state index in [0.29, 0.717) is 11.6 Å². The summed E-state index contributed by atoms with van der Waals surface area (Å²) in [5, 5.41) is 4.50. The van der Waals surface area contributed by atoms with Crippen LogP contribution in [0.15, 0.2) is 36.4 Å². The molecule has 5 nitrogen and oxygen atoms in total. The van der Waals surface area contributed by atoms with Crippen LogP contribution in [0, 0.1) is 11.6 Å². The molecule has 24 heavy (non-hydrogen) atoms. The molecule has 0 aromatic heterocycles. The summed E-state index contributed by atoms with van der Waals surface area (Å²) in [4.78, 5) is 34.3. The van der Waals surface area contributed by atoms with E-state index < -0.39 is 23.4 Å². The number of Topliss-reactive ketones (excluding diaryl/α,β-unsaturated/α-hetero) is 1. The first-order valence-electron chi connectivity index (χ1n) is 6.97. The maximum Gasteiger partial charge on any atom is 0.255 e. The fourth-order valence-corrected chi connectivity index (χ4v) is 1.98. The van der Waals surface area contributed by atoms with Crippen LogP contribution in [0.5, 0.6) is 0 Å². The predicted octanol–water partition coefficient (Wildman–Crippen LogP) is 3.38. The fraction of sp³-hybridized carbons (Fsp3) is 0.118. The van der Waals surface area contributed by atoms with E-state index in [2.05, 4.69) is 10.6 Å². The van der Waals surface area contributed by atoms with Crippen LogP contribution in [0.1, 0.15) is 34.6 Å². The van der Waals surface area contributed by atoms with Crippen LogP contribution < -0.4 is 10.6 Å². The largest absolute Gasteiger partial charge is 0.324 e. The van der Waals surface area contributed by atoms with Gasteiger partial charge >= 0.3 is 0 Å². The molecule has 2 rings (SSSR count). The van der Waals surface area contributed by atoms with Crippen molar-refractivity contribution >= 4 is 29.0 Å². The Bertz CT molecular complexity index is 817. The molecule has 7 heteroatoms. The van der Waals surface area contributed by atoms with Gasteiger partial charge in [0.15, 0.2) is 5.78 Å². The Hall–Kier alpha value is -3.09. The van der Waals surface area contributed by atoms with E-state index >= 15 is 0 Å². The van der Waals surface area contributed by atoms with E-state index in [0.717, 1.165) is 6.07 Å². The number of ketones is 1. The van der Waals surface area contributed by atoms with E-state index in [4.69, 9.17) is 0 Å². The maximum atomic E-state index is 13.8. The summed E-state index contributed by atoms with van der Waals surface area (Å²) in [6.45, 7) is 2.57. The molecule has 0 unspecified atom stereocenters. The number of rotatable bonds is 4. The summed E-state index contributed by atoms with van der Waals surface area (Å²) in [5.41, 5.74) is 0.115. The van der Waals surface area contributed by atoms with Gasteiger partial charge in [-0.05, 0) is 25.1 Å². The van der Waals surface area contributed by atoms with Crippen LogP contribution in [-0.4, -0.2) is 17.6 Å². The van der Waals surface area contributed by atoms with Gasteiger partial charge in [0.1, 0.15) is 11.6 Å². The summed E-state index contributed by atoms with van der Waals surface area (Å²) in [5.74, 6) is -3.24. The number of amides is 2. The number of carbonyl (C=O) groups is 3. The summed E-state index contributed by atoms with van der Waals surface area (Å²) in [7, 11) is 0. The van der Waals surface area contributed by atoms with Gasteiger partial charge < -0.3 is 10.6 Å². The van der Waals surface area contributed by atoms with Gasteiger partial charge in [0.2, 0.25) is 5.91 Å². The summed E-state index contributed by atoms with van der Waals surface area (Å²) in [6, 6.07) is 7.35. The lowest BCUT2D eigenvalue weighted by atomic mass is 10.1. The molecule has 2 aromatic carbocycles. The lowest BCUT2D eigenvalue weighted by Gasteiger charge is -2.10. The summed E-state index contributed by atoms with van der Waals surface area (Å²) in [6.07, 6.45) is 0. The van der Waals surface area contributed by atoms with Crippen LogP contribution in [-0.2, 0) is 4.79 Å². The van der Waals surface area contributed by atoms with Crippen LogP contribution in [0.3, 0.4) is 0 Å². The third-order valence-electron chi connectivity index (χ3n) is 3.17. The predicted molar refractivity (Wildman–Crippen MR) is 85.1 cm³/mol. The molecule has 124 valence electrons. The molecule has 0 radical (unpaired) electrons. The molecule has 0 saturated heterocycles. The lowest BCUT2D eigenvalue weighted by molar-refractivity contribution is -0.114. The van der Waals surface area contributed by atoms with Gasteiger partial charge in [-0.25, -0.2) is 8.78 Å². The Morgan fingerprint density at radius 3 is 1.79 bits per heavy atom. The van der Waals surface area contributed by atoms with E-state index in [-0.39, 0.29) is 22.7 Å². The van der Waals surface area contributed by atoms with Crippen molar-refractivity contribution in [2.24, 2.45) is 0 Å². The minimum Gasteiger partial charge on any atom is -0.324 e. The quantitative estimate of drug-likeness (QED) is 0.843. The van der Waals surface area contributed by atoms with Gasteiger partial charge in [-0.1, -0.05) is 12.1 Å². The van der Waals surface area contributed by atoms with Gasteiger partial charge in [-0.15, -0.1) is 0 Å². The van der Waals surface area contributed by atoms with Gasteiger partial charge in [0.25, 0.3) is 5.91 Å². The van der Waals surface area contributed by atoms with E-state index in [1.54, 1.807) is 0 Å². The Morgan fingerprint density at radius 1 is 0.792 bits per heavy atom. The number of halogens is 2. The van der Waals surface area contributed by atoms with Crippen LogP contribution in [0.2, 0.25) is 0 Å². The monoisotopic (exact) mass is 332 g/mol. The first kappa shape index (κ1) is 17.3. The highest BCUT2D eigenvalue weighted by Crippen LogP contribution is 2.24. The second-order valence-corrected chi connectivity index (χ2v) is 5.08. The Labute approximate surface area is 136 Å². The number of anilines is 2. The zero-order chi connectivity index (χ0) is 17.9. The average Bonchev–Trinajstić information content (AvgIpc) is 2.51. The highest BCUT2D eigenvalue weighted by atomic mass is 19.1. The normalized spacial score (nSPS) is 10.2. The molecular weight excluding hydrogens is 318 g/mol. The van der Waals surface area contributed by atoms with Gasteiger partial charge in [-0.2, -0.15) is 0 Å². The fourth-order valence-electron chi connectivity index (χ4n) is 1.98. The molecule has 0 atom stereocenters. The maximum absolute atomic E-state index is 13.8. The number of hydrogen-bond acceptors (Lipinski definition) is 3. The molecule has 2 aromatic rings. The number of benzene rings is 2. The molecule has 0 aliphatic rings. The Morgan fingerprint density at radius 2 is 1.29 bits per heavy atom. The van der Waals surface area contributed by atoms with Crippen molar-refractivity contribution in [1.82, 2.24) is 0 Å². The highest BCUT2D eigenvalue weighted by Gasteiger charge is 2.14. The molecule has 0 aliphatic carbocycles. The third kappa shape index (κ3) is 4.01. The van der Waals surface area contributed by atoms with Crippen molar-refractivity contribution in [2.75, 3.05) is 10.6 Å². The molecule has 0 saturated carbocycles. The van der Waals surface area contributed by atoms with E-state index in [1.165, 1.54) is 38.1 Å². The summed E-state index contributed by atoms with van der Waals surface area (Å²) >= 11 is 0. The molecule has 0 bridgehead atoms. The van der Waals surface area contributed by atoms with E-state index in [9.17, 15) is 23.2 Å². The van der Waals surface area contributed by atoms with Crippen LogP contribution in [0.4, 0.5) is 20.2 Å². The molecule has 0 spiro atoms. The third-order valence-corrected chi connectivity index (χ3v) is 3.17. The lowest BCUT2D eigenvalue weighted by Crippen LogP contribution is -2.15. The van der Waals surface area contributed by atoms with E-state index in [1.807, 2.05) is 0 Å². The van der Waals surface area contributed by atoms with Crippen molar-refractivity contribution in [2.45, 2.75) is 13.8 Å². The average molecular weight is 332 g/mol. The zero-order valence-corrected chi connectivity index (χ0v) is 12.9. The van der Waals surface area contributed by atoms with Crippen molar-refractivity contribution < 1.29 is 23.2 Å². The molecule has 2 amide bonds. The first-order chi connectivity index (χ1) is 11.3. The molecule has 0 fully saturated rings. The van der Waals surface area contributed by atoms with Crippen molar-refractivity contribution in [3.8, 4) is 0 Å². The zero-order valence-electron chi connectivity index (χ0n) is 12.9. The second-order valence-electron chi connectivity index (χ2n) is 5.08. The minimum absolute atomic E-state index is 0.147. The Kier molecular flexibility index (Phi) is 5.03. The number of nitrogens with one attached hydrogen (secondary N) is 2. The molecular formula is C17H14F2N2O3. The van der Waals surface area contributed by atoms with Gasteiger partial charge in [0, 0.05) is 24.1 Å². The van der Waals surface area contributed by atoms with Gasteiger partial charge in [-0.3, -0.25) is 14.4 Å². The molecule has 0 heterocycles.